The van der Waals surface area contributed by atoms with E-state index in [9.17, 15) is 0 Å². The van der Waals surface area contributed by atoms with E-state index >= 15 is 0 Å². The maximum Gasteiger partial charge on any atom is 0.0678 e. The number of hydrogen-bond acceptors (Lipinski definition) is 4. The van der Waals surface area contributed by atoms with E-state index in [1.165, 1.54) is 154 Å². The Labute approximate surface area is 265 Å². The molecule has 0 aromatic rings. The second kappa shape index (κ2) is 28.3. The fourth-order valence-corrected chi connectivity index (χ4v) is 6.93. The van der Waals surface area contributed by atoms with Gasteiger partial charge in [-0.25, -0.2) is 0 Å². The lowest BCUT2D eigenvalue weighted by Gasteiger charge is -2.35. The SMILES string of the molecule is CCCCCCCCCCCCCN1CC(C)OC(C)C1.CCCCCCCCCCCCCN1CC(C)OC(C)C1. The van der Waals surface area contributed by atoms with Crippen molar-refractivity contribution in [2.45, 2.75) is 207 Å². The lowest BCUT2D eigenvalue weighted by Crippen LogP contribution is -2.45. The highest BCUT2D eigenvalue weighted by Crippen LogP contribution is 2.15. The monoisotopic (exact) mass is 595 g/mol. The molecule has 0 aromatic carbocycles. The van der Waals surface area contributed by atoms with Crippen LogP contribution in [0.5, 0.6) is 0 Å². The molecule has 2 fully saturated rings. The molecular weight excluding hydrogens is 516 g/mol. The largest absolute Gasteiger partial charge is 0.373 e. The third kappa shape index (κ3) is 24.2. The Morgan fingerprint density at radius 1 is 0.357 bits per heavy atom. The van der Waals surface area contributed by atoms with Crippen LogP contribution in [0.4, 0.5) is 0 Å². The van der Waals surface area contributed by atoms with Crippen LogP contribution >= 0.6 is 0 Å². The Morgan fingerprint density at radius 3 is 0.810 bits per heavy atom. The summed E-state index contributed by atoms with van der Waals surface area (Å²) in [6, 6.07) is 0. The molecule has 0 bridgehead atoms. The van der Waals surface area contributed by atoms with Crippen LogP contribution < -0.4 is 0 Å². The van der Waals surface area contributed by atoms with E-state index in [4.69, 9.17) is 9.47 Å². The summed E-state index contributed by atoms with van der Waals surface area (Å²) >= 11 is 0. The number of rotatable bonds is 24. The van der Waals surface area contributed by atoms with Gasteiger partial charge in [0.1, 0.15) is 0 Å². The van der Waals surface area contributed by atoms with Crippen molar-refractivity contribution in [2.75, 3.05) is 39.3 Å². The van der Waals surface area contributed by atoms with Gasteiger partial charge in [-0.1, -0.05) is 142 Å². The van der Waals surface area contributed by atoms with Crippen molar-refractivity contribution in [3.63, 3.8) is 0 Å². The van der Waals surface area contributed by atoms with Gasteiger partial charge in [0.05, 0.1) is 24.4 Å². The lowest BCUT2D eigenvalue weighted by atomic mass is 10.1. The quantitative estimate of drug-likeness (QED) is 0.104. The fourth-order valence-electron chi connectivity index (χ4n) is 6.93. The maximum atomic E-state index is 5.78. The van der Waals surface area contributed by atoms with Crippen molar-refractivity contribution >= 4 is 0 Å². The summed E-state index contributed by atoms with van der Waals surface area (Å²) < 4.78 is 11.6. The van der Waals surface area contributed by atoms with Gasteiger partial charge in [-0.05, 0) is 53.6 Å². The molecule has 2 saturated heterocycles. The van der Waals surface area contributed by atoms with E-state index < -0.39 is 0 Å². The molecular formula is C38H78N2O2. The van der Waals surface area contributed by atoms with Crippen LogP contribution in [-0.2, 0) is 9.47 Å². The van der Waals surface area contributed by atoms with E-state index in [0.717, 1.165) is 26.2 Å². The summed E-state index contributed by atoms with van der Waals surface area (Å²) in [7, 11) is 0. The number of nitrogens with zero attached hydrogens (tertiary/aromatic N) is 2. The van der Waals surface area contributed by atoms with Crippen LogP contribution in [-0.4, -0.2) is 73.5 Å². The standard InChI is InChI=1S/2C19H39NO/c2*1-4-5-6-7-8-9-10-11-12-13-14-15-20-16-18(2)21-19(3)17-20/h2*18-19H,4-17H2,1-3H3. The van der Waals surface area contributed by atoms with Crippen molar-refractivity contribution in [3.8, 4) is 0 Å². The predicted molar refractivity (Wildman–Crippen MR) is 186 cm³/mol. The Kier molecular flexibility index (Phi) is 26.9. The maximum absolute atomic E-state index is 5.78. The van der Waals surface area contributed by atoms with E-state index in [1.54, 1.807) is 0 Å². The lowest BCUT2D eigenvalue weighted by molar-refractivity contribution is -0.0683. The molecule has 0 radical (unpaired) electrons. The minimum Gasteiger partial charge on any atom is -0.373 e. The van der Waals surface area contributed by atoms with Gasteiger partial charge < -0.3 is 9.47 Å². The van der Waals surface area contributed by atoms with E-state index in [-0.39, 0.29) is 0 Å². The van der Waals surface area contributed by atoms with Crippen molar-refractivity contribution in [2.24, 2.45) is 0 Å². The number of hydrogen-bond donors (Lipinski definition) is 0. The second-order valence-corrected chi connectivity index (χ2v) is 14.1. The molecule has 0 amide bonds. The summed E-state index contributed by atoms with van der Waals surface area (Å²) in [6.45, 7) is 20.4. The summed E-state index contributed by atoms with van der Waals surface area (Å²) in [4.78, 5) is 5.18. The molecule has 252 valence electrons. The molecule has 4 atom stereocenters. The summed E-state index contributed by atoms with van der Waals surface area (Å²) in [5.74, 6) is 0. The summed E-state index contributed by atoms with van der Waals surface area (Å²) in [5.41, 5.74) is 0. The average molecular weight is 595 g/mol. The summed E-state index contributed by atoms with van der Waals surface area (Å²) in [5, 5.41) is 0. The first-order chi connectivity index (χ1) is 20.4. The predicted octanol–water partition coefficient (Wildman–Crippen LogP) is 10.8. The minimum atomic E-state index is 0.418. The van der Waals surface area contributed by atoms with Crippen LogP contribution in [0, 0.1) is 0 Å². The Balaban J connectivity index is 0.000000420. The highest BCUT2D eigenvalue weighted by Gasteiger charge is 2.22. The average Bonchev–Trinajstić information content (AvgIpc) is 2.94. The van der Waals surface area contributed by atoms with Crippen LogP contribution in [0.25, 0.3) is 0 Å². The van der Waals surface area contributed by atoms with Crippen molar-refractivity contribution in [3.05, 3.63) is 0 Å². The van der Waals surface area contributed by atoms with Gasteiger partial charge in [0.15, 0.2) is 0 Å². The first-order valence-electron chi connectivity index (χ1n) is 19.2. The molecule has 4 nitrogen and oxygen atoms in total. The van der Waals surface area contributed by atoms with Gasteiger partial charge in [-0.15, -0.1) is 0 Å². The van der Waals surface area contributed by atoms with Gasteiger partial charge in [-0.3, -0.25) is 9.80 Å². The van der Waals surface area contributed by atoms with E-state index in [2.05, 4.69) is 51.3 Å². The van der Waals surface area contributed by atoms with E-state index in [1.807, 2.05) is 0 Å². The zero-order valence-corrected chi connectivity index (χ0v) is 29.8. The molecule has 2 aliphatic heterocycles. The van der Waals surface area contributed by atoms with Gasteiger partial charge in [0, 0.05) is 26.2 Å². The Bertz CT molecular complexity index is 491. The zero-order chi connectivity index (χ0) is 30.7. The van der Waals surface area contributed by atoms with Gasteiger partial charge in [0.2, 0.25) is 0 Å². The molecule has 42 heavy (non-hydrogen) atoms. The number of morpholine rings is 2. The minimum absolute atomic E-state index is 0.418. The third-order valence-corrected chi connectivity index (χ3v) is 9.15. The number of ether oxygens (including phenoxy) is 2. The van der Waals surface area contributed by atoms with Gasteiger partial charge >= 0.3 is 0 Å². The van der Waals surface area contributed by atoms with Crippen molar-refractivity contribution < 1.29 is 9.47 Å². The Morgan fingerprint density at radius 2 is 0.571 bits per heavy atom. The van der Waals surface area contributed by atoms with Crippen molar-refractivity contribution in [1.82, 2.24) is 9.80 Å². The van der Waals surface area contributed by atoms with Crippen LogP contribution in [0.2, 0.25) is 0 Å². The topological polar surface area (TPSA) is 24.9 Å². The molecule has 0 aromatic heterocycles. The highest BCUT2D eigenvalue weighted by atomic mass is 16.5. The first-order valence-corrected chi connectivity index (χ1v) is 19.2. The molecule has 4 heteroatoms. The molecule has 0 N–H and O–H groups in total. The molecule has 2 aliphatic rings. The molecule has 0 aliphatic carbocycles. The highest BCUT2D eigenvalue weighted by molar-refractivity contribution is 4.73. The fraction of sp³-hybridized carbons (Fsp3) is 1.00. The molecule has 4 unspecified atom stereocenters. The smallest absolute Gasteiger partial charge is 0.0678 e. The molecule has 0 saturated carbocycles. The second-order valence-electron chi connectivity index (χ2n) is 14.1. The third-order valence-electron chi connectivity index (χ3n) is 9.15. The summed E-state index contributed by atoms with van der Waals surface area (Å²) in [6.07, 6.45) is 33.2. The normalized spacial score (nSPS) is 23.6. The molecule has 0 spiro atoms. The van der Waals surface area contributed by atoms with Crippen LogP contribution in [0.3, 0.4) is 0 Å². The van der Waals surface area contributed by atoms with E-state index in [0.29, 0.717) is 24.4 Å². The van der Waals surface area contributed by atoms with Gasteiger partial charge in [-0.2, -0.15) is 0 Å². The van der Waals surface area contributed by atoms with Gasteiger partial charge in [0.25, 0.3) is 0 Å². The Hall–Kier alpha value is -0.160. The zero-order valence-electron chi connectivity index (χ0n) is 29.8. The number of unbranched alkanes of at least 4 members (excludes halogenated alkanes) is 20. The van der Waals surface area contributed by atoms with Crippen molar-refractivity contribution in [1.29, 1.82) is 0 Å². The first kappa shape index (κ1) is 39.9. The molecule has 2 rings (SSSR count). The van der Waals surface area contributed by atoms with Crippen LogP contribution in [0.1, 0.15) is 183 Å². The molecule has 2 heterocycles. The van der Waals surface area contributed by atoms with Crippen LogP contribution in [0.15, 0.2) is 0 Å².